The molecule has 70 valence electrons. The lowest BCUT2D eigenvalue weighted by Crippen LogP contribution is -2.14. The van der Waals surface area contributed by atoms with Crippen molar-refractivity contribution in [3.63, 3.8) is 0 Å². The number of carbonyl (C=O) groups excluding carboxylic acids is 1. The molecule has 0 saturated heterocycles. The minimum atomic E-state index is -0.244. The average Bonchev–Trinajstić information content (AvgIpc) is 2.18. The van der Waals surface area contributed by atoms with Gasteiger partial charge in [0, 0.05) is 0 Å². The van der Waals surface area contributed by atoms with Crippen LogP contribution in [0.15, 0.2) is 12.5 Å². The van der Waals surface area contributed by atoms with Gasteiger partial charge in [-0.3, -0.25) is 4.79 Å². The SMILES string of the molecule is CCc1ncncc1NC(=O)CCl. The van der Waals surface area contributed by atoms with E-state index >= 15 is 0 Å². The molecule has 13 heavy (non-hydrogen) atoms. The number of carbonyl (C=O) groups is 1. The van der Waals surface area contributed by atoms with Crippen molar-refractivity contribution in [3.05, 3.63) is 18.2 Å². The molecule has 0 aromatic carbocycles. The molecular formula is C8H10ClN3O. The van der Waals surface area contributed by atoms with E-state index in [1.54, 1.807) is 6.20 Å². The Morgan fingerprint density at radius 1 is 1.69 bits per heavy atom. The predicted molar refractivity (Wildman–Crippen MR) is 50.8 cm³/mol. The molecule has 0 bridgehead atoms. The van der Waals surface area contributed by atoms with Gasteiger partial charge in [0.15, 0.2) is 0 Å². The zero-order valence-corrected chi connectivity index (χ0v) is 8.01. The predicted octanol–water partition coefficient (Wildman–Crippen LogP) is 1.22. The normalized spacial score (nSPS) is 9.69. The number of nitrogens with one attached hydrogen (secondary N) is 1. The monoisotopic (exact) mass is 199 g/mol. The van der Waals surface area contributed by atoms with Crippen LogP contribution in [0, 0.1) is 0 Å². The Balaban J connectivity index is 2.81. The third-order valence-electron chi connectivity index (χ3n) is 1.53. The van der Waals surface area contributed by atoms with Gasteiger partial charge in [0.25, 0.3) is 0 Å². The summed E-state index contributed by atoms with van der Waals surface area (Å²) in [5.74, 6) is -0.302. The van der Waals surface area contributed by atoms with Gasteiger partial charge in [0.2, 0.25) is 5.91 Å². The van der Waals surface area contributed by atoms with Gasteiger partial charge in [-0.15, -0.1) is 11.6 Å². The highest BCUT2D eigenvalue weighted by Gasteiger charge is 2.04. The number of halogens is 1. The van der Waals surface area contributed by atoms with Crippen molar-refractivity contribution in [3.8, 4) is 0 Å². The Labute approximate surface area is 81.3 Å². The Kier molecular flexibility index (Phi) is 3.64. The van der Waals surface area contributed by atoms with Gasteiger partial charge in [0.05, 0.1) is 17.6 Å². The Hall–Kier alpha value is -1.16. The molecule has 1 aromatic rings. The van der Waals surface area contributed by atoms with E-state index < -0.39 is 0 Å². The average molecular weight is 200 g/mol. The molecule has 0 saturated carbocycles. The summed E-state index contributed by atoms with van der Waals surface area (Å²) >= 11 is 5.34. The quantitative estimate of drug-likeness (QED) is 0.745. The fourth-order valence-corrected chi connectivity index (χ4v) is 0.992. The van der Waals surface area contributed by atoms with E-state index in [1.807, 2.05) is 6.92 Å². The van der Waals surface area contributed by atoms with E-state index in [1.165, 1.54) is 6.33 Å². The lowest BCUT2D eigenvalue weighted by Gasteiger charge is -2.05. The second-order valence-corrected chi connectivity index (χ2v) is 2.69. The number of rotatable bonds is 3. The van der Waals surface area contributed by atoms with Gasteiger partial charge in [-0.25, -0.2) is 9.97 Å². The summed E-state index contributed by atoms with van der Waals surface area (Å²) in [5.41, 5.74) is 1.45. The van der Waals surface area contributed by atoms with Crippen molar-refractivity contribution < 1.29 is 4.79 Å². The van der Waals surface area contributed by atoms with Gasteiger partial charge in [-0.05, 0) is 6.42 Å². The van der Waals surface area contributed by atoms with Crippen molar-refractivity contribution in [1.82, 2.24) is 9.97 Å². The molecule has 1 heterocycles. The van der Waals surface area contributed by atoms with E-state index in [2.05, 4.69) is 15.3 Å². The zero-order valence-electron chi connectivity index (χ0n) is 7.25. The lowest BCUT2D eigenvalue weighted by atomic mass is 10.3. The molecule has 0 spiro atoms. The molecule has 1 N–H and O–H groups in total. The van der Waals surface area contributed by atoms with Crippen LogP contribution in [-0.4, -0.2) is 21.8 Å². The molecule has 0 aliphatic carbocycles. The Morgan fingerprint density at radius 3 is 3.08 bits per heavy atom. The molecule has 1 amide bonds. The second kappa shape index (κ2) is 4.77. The summed E-state index contributed by atoms with van der Waals surface area (Å²) in [5, 5.41) is 2.62. The third kappa shape index (κ3) is 2.66. The van der Waals surface area contributed by atoms with Gasteiger partial charge < -0.3 is 5.32 Å². The Bertz CT molecular complexity index is 303. The van der Waals surface area contributed by atoms with Crippen molar-refractivity contribution >= 4 is 23.2 Å². The minimum absolute atomic E-state index is 0.0575. The first-order valence-corrected chi connectivity index (χ1v) is 4.46. The number of nitrogens with zero attached hydrogens (tertiary/aromatic N) is 2. The number of anilines is 1. The zero-order chi connectivity index (χ0) is 9.68. The van der Waals surface area contributed by atoms with Gasteiger partial charge in [-0.1, -0.05) is 6.92 Å². The summed E-state index contributed by atoms with van der Waals surface area (Å²) < 4.78 is 0. The van der Waals surface area contributed by atoms with Crippen LogP contribution >= 0.6 is 11.6 Å². The lowest BCUT2D eigenvalue weighted by molar-refractivity contribution is -0.113. The van der Waals surface area contributed by atoms with Crippen LogP contribution in [0.2, 0.25) is 0 Å². The van der Waals surface area contributed by atoms with Crippen LogP contribution in [-0.2, 0) is 11.2 Å². The van der Waals surface area contributed by atoms with Gasteiger partial charge in [-0.2, -0.15) is 0 Å². The summed E-state index contributed by atoms with van der Waals surface area (Å²) in [6, 6.07) is 0. The molecule has 0 radical (unpaired) electrons. The molecule has 1 rings (SSSR count). The van der Waals surface area contributed by atoms with Gasteiger partial charge >= 0.3 is 0 Å². The second-order valence-electron chi connectivity index (χ2n) is 2.42. The molecule has 4 nitrogen and oxygen atoms in total. The highest BCUT2D eigenvalue weighted by Crippen LogP contribution is 2.10. The number of amides is 1. The van der Waals surface area contributed by atoms with E-state index in [0.717, 1.165) is 12.1 Å². The van der Waals surface area contributed by atoms with Crippen molar-refractivity contribution in [2.24, 2.45) is 0 Å². The molecule has 5 heteroatoms. The summed E-state index contributed by atoms with van der Waals surface area (Å²) in [4.78, 5) is 18.8. The maximum atomic E-state index is 11.0. The highest BCUT2D eigenvalue weighted by molar-refractivity contribution is 6.29. The van der Waals surface area contributed by atoms with Crippen LogP contribution in [0.5, 0.6) is 0 Å². The molecule has 0 aliphatic rings. The topological polar surface area (TPSA) is 54.9 Å². The summed E-state index contributed by atoms with van der Waals surface area (Å²) in [6.07, 6.45) is 3.77. The molecule has 0 atom stereocenters. The molecule has 0 aliphatic heterocycles. The van der Waals surface area contributed by atoms with Crippen LogP contribution in [0.3, 0.4) is 0 Å². The van der Waals surface area contributed by atoms with E-state index in [0.29, 0.717) is 5.69 Å². The first-order valence-electron chi connectivity index (χ1n) is 3.92. The third-order valence-corrected chi connectivity index (χ3v) is 1.77. The minimum Gasteiger partial charge on any atom is -0.322 e. The highest BCUT2D eigenvalue weighted by atomic mass is 35.5. The maximum Gasteiger partial charge on any atom is 0.239 e. The number of hydrogen-bond acceptors (Lipinski definition) is 3. The molecule has 1 aromatic heterocycles. The first-order chi connectivity index (χ1) is 6.27. The molecule has 0 unspecified atom stereocenters. The van der Waals surface area contributed by atoms with E-state index in [4.69, 9.17) is 11.6 Å². The van der Waals surface area contributed by atoms with E-state index in [-0.39, 0.29) is 11.8 Å². The van der Waals surface area contributed by atoms with Crippen molar-refractivity contribution in [1.29, 1.82) is 0 Å². The van der Waals surface area contributed by atoms with Crippen LogP contribution in [0.1, 0.15) is 12.6 Å². The number of aromatic nitrogens is 2. The fourth-order valence-electron chi connectivity index (χ4n) is 0.925. The largest absolute Gasteiger partial charge is 0.322 e. The van der Waals surface area contributed by atoms with Crippen LogP contribution in [0.4, 0.5) is 5.69 Å². The van der Waals surface area contributed by atoms with Crippen molar-refractivity contribution in [2.75, 3.05) is 11.2 Å². The molecule has 0 fully saturated rings. The summed E-state index contributed by atoms with van der Waals surface area (Å²) in [6.45, 7) is 1.96. The fraction of sp³-hybridized carbons (Fsp3) is 0.375. The smallest absolute Gasteiger partial charge is 0.239 e. The first kappa shape index (κ1) is 9.92. The van der Waals surface area contributed by atoms with Crippen molar-refractivity contribution in [2.45, 2.75) is 13.3 Å². The number of aryl methyl sites for hydroxylation is 1. The number of alkyl halides is 1. The standard InChI is InChI=1S/C8H10ClN3O/c1-2-6-7(4-10-5-11-6)12-8(13)3-9/h4-5H,2-3H2,1H3,(H,12,13). The van der Waals surface area contributed by atoms with Crippen LogP contribution in [0.25, 0.3) is 0 Å². The molecular weight excluding hydrogens is 190 g/mol. The maximum absolute atomic E-state index is 11.0. The van der Waals surface area contributed by atoms with Gasteiger partial charge in [0.1, 0.15) is 12.2 Å². The Morgan fingerprint density at radius 2 is 2.46 bits per heavy atom. The van der Waals surface area contributed by atoms with E-state index in [9.17, 15) is 4.79 Å². The summed E-state index contributed by atoms with van der Waals surface area (Å²) in [7, 11) is 0. The number of hydrogen-bond donors (Lipinski definition) is 1. The van der Waals surface area contributed by atoms with Crippen LogP contribution < -0.4 is 5.32 Å².